The molecular weight excluding hydrogens is 238 g/mol. The number of aromatic nitrogens is 2. The summed E-state index contributed by atoms with van der Waals surface area (Å²) in [6.45, 7) is 5.58. The van der Waals surface area contributed by atoms with E-state index in [4.69, 9.17) is 9.84 Å². The zero-order valence-electron chi connectivity index (χ0n) is 11.9. The zero-order chi connectivity index (χ0) is 13.5. The topological polar surface area (TPSA) is 39.1 Å². The van der Waals surface area contributed by atoms with Crippen LogP contribution < -0.4 is 5.32 Å². The van der Waals surface area contributed by atoms with Crippen LogP contribution >= 0.6 is 0 Å². The third kappa shape index (κ3) is 3.55. The number of unbranched alkanes of at least 4 members (excludes halogenated alkanes) is 1. The monoisotopic (exact) mass is 261 g/mol. The molecule has 0 aliphatic heterocycles. The fourth-order valence-corrected chi connectivity index (χ4v) is 2.19. The van der Waals surface area contributed by atoms with E-state index < -0.39 is 0 Å². The SMILES string of the molecule is CCCCn1nc(CNCCOC)c2ccccc21. The van der Waals surface area contributed by atoms with Crippen molar-refractivity contribution in [3.8, 4) is 0 Å². The maximum absolute atomic E-state index is 5.04. The summed E-state index contributed by atoms with van der Waals surface area (Å²) in [4.78, 5) is 0. The number of benzene rings is 1. The summed E-state index contributed by atoms with van der Waals surface area (Å²) >= 11 is 0. The number of nitrogens with one attached hydrogen (secondary N) is 1. The summed E-state index contributed by atoms with van der Waals surface area (Å²) in [6, 6.07) is 8.45. The number of hydrogen-bond donors (Lipinski definition) is 1. The predicted molar refractivity (Wildman–Crippen MR) is 78.2 cm³/mol. The van der Waals surface area contributed by atoms with E-state index in [1.165, 1.54) is 23.7 Å². The first-order valence-electron chi connectivity index (χ1n) is 7.01. The Morgan fingerprint density at radius 3 is 2.95 bits per heavy atom. The van der Waals surface area contributed by atoms with Crippen molar-refractivity contribution in [1.29, 1.82) is 0 Å². The first kappa shape index (κ1) is 14.0. The molecule has 0 saturated heterocycles. The van der Waals surface area contributed by atoms with Gasteiger partial charge in [-0.1, -0.05) is 31.5 Å². The number of hydrogen-bond acceptors (Lipinski definition) is 3. The van der Waals surface area contributed by atoms with Gasteiger partial charge in [0.15, 0.2) is 0 Å². The molecule has 2 aromatic rings. The van der Waals surface area contributed by atoms with E-state index in [2.05, 4.69) is 41.2 Å². The Bertz CT molecular complexity index is 507. The third-order valence-electron chi connectivity index (χ3n) is 3.23. The van der Waals surface area contributed by atoms with E-state index in [-0.39, 0.29) is 0 Å². The van der Waals surface area contributed by atoms with Gasteiger partial charge in [0, 0.05) is 32.1 Å². The highest BCUT2D eigenvalue weighted by Crippen LogP contribution is 2.18. The van der Waals surface area contributed by atoms with Crippen molar-refractivity contribution in [1.82, 2.24) is 15.1 Å². The molecule has 1 heterocycles. The third-order valence-corrected chi connectivity index (χ3v) is 3.23. The fraction of sp³-hybridized carbons (Fsp3) is 0.533. The molecule has 0 amide bonds. The zero-order valence-corrected chi connectivity index (χ0v) is 11.9. The van der Waals surface area contributed by atoms with Gasteiger partial charge in [0.2, 0.25) is 0 Å². The summed E-state index contributed by atoms with van der Waals surface area (Å²) in [6.07, 6.45) is 2.36. The van der Waals surface area contributed by atoms with Crippen LogP contribution in [-0.4, -0.2) is 30.0 Å². The van der Waals surface area contributed by atoms with E-state index in [0.717, 1.165) is 31.9 Å². The van der Waals surface area contributed by atoms with E-state index >= 15 is 0 Å². The summed E-state index contributed by atoms with van der Waals surface area (Å²) in [5.74, 6) is 0. The second kappa shape index (κ2) is 7.26. The van der Waals surface area contributed by atoms with Gasteiger partial charge >= 0.3 is 0 Å². The van der Waals surface area contributed by atoms with Crippen LogP contribution in [0, 0.1) is 0 Å². The molecule has 0 unspecified atom stereocenters. The quantitative estimate of drug-likeness (QED) is 0.742. The molecule has 0 aliphatic rings. The molecule has 1 N–H and O–H groups in total. The summed E-state index contributed by atoms with van der Waals surface area (Å²) in [5.41, 5.74) is 2.36. The minimum atomic E-state index is 0.731. The first-order chi connectivity index (χ1) is 9.36. The Morgan fingerprint density at radius 2 is 2.16 bits per heavy atom. The molecule has 104 valence electrons. The Morgan fingerprint density at radius 1 is 1.32 bits per heavy atom. The fourth-order valence-electron chi connectivity index (χ4n) is 2.19. The second-order valence-corrected chi connectivity index (χ2v) is 4.71. The highest BCUT2D eigenvalue weighted by molar-refractivity contribution is 5.81. The average Bonchev–Trinajstić information content (AvgIpc) is 2.80. The van der Waals surface area contributed by atoms with Gasteiger partial charge < -0.3 is 10.1 Å². The lowest BCUT2D eigenvalue weighted by atomic mass is 10.2. The Labute approximate surface area is 114 Å². The molecule has 0 spiro atoms. The second-order valence-electron chi connectivity index (χ2n) is 4.71. The maximum Gasteiger partial charge on any atom is 0.0841 e. The molecule has 4 nitrogen and oxygen atoms in total. The van der Waals surface area contributed by atoms with Gasteiger partial charge in [-0.05, 0) is 12.5 Å². The van der Waals surface area contributed by atoms with Crippen molar-refractivity contribution in [2.24, 2.45) is 0 Å². The van der Waals surface area contributed by atoms with Gasteiger partial charge in [0.1, 0.15) is 0 Å². The normalized spacial score (nSPS) is 11.3. The van der Waals surface area contributed by atoms with Gasteiger partial charge in [-0.15, -0.1) is 0 Å². The molecule has 1 aromatic heterocycles. The molecular formula is C15H23N3O. The summed E-state index contributed by atoms with van der Waals surface area (Å²) in [5, 5.41) is 9.35. The summed E-state index contributed by atoms with van der Waals surface area (Å²) in [7, 11) is 1.72. The van der Waals surface area contributed by atoms with Gasteiger partial charge in [-0.2, -0.15) is 5.10 Å². The van der Waals surface area contributed by atoms with E-state index in [1.807, 2.05) is 0 Å². The first-order valence-corrected chi connectivity index (χ1v) is 7.01. The minimum absolute atomic E-state index is 0.731. The molecule has 0 aliphatic carbocycles. The minimum Gasteiger partial charge on any atom is -0.383 e. The number of methoxy groups -OCH3 is 1. The lowest BCUT2D eigenvalue weighted by molar-refractivity contribution is 0.199. The van der Waals surface area contributed by atoms with Gasteiger partial charge in [-0.25, -0.2) is 0 Å². The number of fused-ring (bicyclic) bond motifs is 1. The standard InChI is InChI=1S/C15H23N3O/c1-3-4-10-18-15-8-6-5-7-13(15)14(17-18)12-16-9-11-19-2/h5-8,16H,3-4,9-12H2,1-2H3. The predicted octanol–water partition coefficient (Wildman–Crippen LogP) is 2.57. The number of aryl methyl sites for hydroxylation is 1. The van der Waals surface area contributed by atoms with Crippen molar-refractivity contribution in [2.75, 3.05) is 20.3 Å². The molecule has 0 atom stereocenters. The van der Waals surface area contributed by atoms with Crippen LogP contribution in [0.2, 0.25) is 0 Å². The highest BCUT2D eigenvalue weighted by Gasteiger charge is 2.08. The number of rotatable bonds is 8. The van der Waals surface area contributed by atoms with Crippen LogP contribution in [0.1, 0.15) is 25.5 Å². The van der Waals surface area contributed by atoms with Crippen LogP contribution in [0.3, 0.4) is 0 Å². The average molecular weight is 261 g/mol. The van der Waals surface area contributed by atoms with Crippen LogP contribution in [0.4, 0.5) is 0 Å². The van der Waals surface area contributed by atoms with Gasteiger partial charge in [-0.3, -0.25) is 4.68 Å². The smallest absolute Gasteiger partial charge is 0.0841 e. The van der Waals surface area contributed by atoms with E-state index in [9.17, 15) is 0 Å². The molecule has 0 fully saturated rings. The van der Waals surface area contributed by atoms with Crippen molar-refractivity contribution in [3.05, 3.63) is 30.0 Å². The van der Waals surface area contributed by atoms with Crippen LogP contribution in [0.25, 0.3) is 10.9 Å². The van der Waals surface area contributed by atoms with Crippen molar-refractivity contribution in [3.63, 3.8) is 0 Å². The van der Waals surface area contributed by atoms with E-state index in [1.54, 1.807) is 7.11 Å². The number of nitrogens with zero attached hydrogens (tertiary/aromatic N) is 2. The van der Waals surface area contributed by atoms with E-state index in [0.29, 0.717) is 0 Å². The highest BCUT2D eigenvalue weighted by atomic mass is 16.5. The number of para-hydroxylation sites is 1. The molecule has 2 rings (SSSR count). The molecule has 0 saturated carbocycles. The summed E-state index contributed by atoms with van der Waals surface area (Å²) < 4.78 is 7.17. The molecule has 1 aromatic carbocycles. The Balaban J connectivity index is 2.13. The molecule has 4 heteroatoms. The van der Waals surface area contributed by atoms with Crippen molar-refractivity contribution in [2.45, 2.75) is 32.9 Å². The Kier molecular flexibility index (Phi) is 5.36. The molecule has 0 bridgehead atoms. The van der Waals surface area contributed by atoms with Crippen LogP contribution in [-0.2, 0) is 17.8 Å². The van der Waals surface area contributed by atoms with Gasteiger partial charge in [0.05, 0.1) is 17.8 Å². The largest absolute Gasteiger partial charge is 0.383 e. The lowest BCUT2D eigenvalue weighted by Crippen LogP contribution is -2.19. The van der Waals surface area contributed by atoms with Crippen molar-refractivity contribution >= 4 is 10.9 Å². The van der Waals surface area contributed by atoms with Crippen LogP contribution in [0.15, 0.2) is 24.3 Å². The van der Waals surface area contributed by atoms with Crippen LogP contribution in [0.5, 0.6) is 0 Å². The lowest BCUT2D eigenvalue weighted by Gasteiger charge is -2.02. The van der Waals surface area contributed by atoms with Gasteiger partial charge in [0.25, 0.3) is 0 Å². The van der Waals surface area contributed by atoms with Crippen molar-refractivity contribution < 1.29 is 4.74 Å². The molecule has 19 heavy (non-hydrogen) atoms. The molecule has 0 radical (unpaired) electrons. The number of ether oxygens (including phenoxy) is 1. The Hall–Kier alpha value is -1.39. The maximum atomic E-state index is 5.04.